The summed E-state index contributed by atoms with van der Waals surface area (Å²) in [5, 5.41) is 9.43. The van der Waals surface area contributed by atoms with Crippen LogP contribution in [0.2, 0.25) is 5.02 Å². The topological polar surface area (TPSA) is 68.0 Å². The van der Waals surface area contributed by atoms with E-state index in [0.717, 1.165) is 10.4 Å². The van der Waals surface area contributed by atoms with Crippen molar-refractivity contribution in [2.45, 2.75) is 19.4 Å². The van der Waals surface area contributed by atoms with E-state index in [1.807, 2.05) is 29.6 Å². The number of aromatic nitrogens is 2. The van der Waals surface area contributed by atoms with E-state index in [1.54, 1.807) is 23.5 Å². The quantitative estimate of drug-likeness (QED) is 0.738. The van der Waals surface area contributed by atoms with E-state index in [9.17, 15) is 4.79 Å². The molecule has 23 heavy (non-hydrogen) atoms. The van der Waals surface area contributed by atoms with Gasteiger partial charge in [0.05, 0.1) is 6.54 Å². The first kappa shape index (κ1) is 15.7. The molecule has 0 aliphatic carbocycles. The number of hydrogen-bond donors (Lipinski definition) is 1. The van der Waals surface area contributed by atoms with Crippen molar-refractivity contribution in [2.75, 3.05) is 0 Å². The Bertz CT molecular complexity index is 769. The zero-order valence-corrected chi connectivity index (χ0v) is 13.7. The average molecular weight is 348 g/mol. The maximum atomic E-state index is 11.8. The van der Waals surface area contributed by atoms with E-state index in [1.165, 1.54) is 0 Å². The van der Waals surface area contributed by atoms with Crippen molar-refractivity contribution in [3.8, 4) is 11.4 Å². The number of nitrogens with zero attached hydrogens (tertiary/aromatic N) is 2. The summed E-state index contributed by atoms with van der Waals surface area (Å²) in [5.74, 6) is 0.904. The molecule has 2 aromatic heterocycles. The summed E-state index contributed by atoms with van der Waals surface area (Å²) in [5.41, 5.74) is 0.826. The summed E-state index contributed by atoms with van der Waals surface area (Å²) in [6.07, 6.45) is 0.727. The molecule has 1 aromatic carbocycles. The van der Waals surface area contributed by atoms with Gasteiger partial charge in [0.25, 0.3) is 0 Å². The second kappa shape index (κ2) is 7.39. The first-order valence-electron chi connectivity index (χ1n) is 7.08. The average Bonchev–Trinajstić information content (AvgIpc) is 3.23. The van der Waals surface area contributed by atoms with Crippen LogP contribution in [0.4, 0.5) is 0 Å². The summed E-state index contributed by atoms with van der Waals surface area (Å²) >= 11 is 7.46. The third-order valence-electron chi connectivity index (χ3n) is 3.18. The smallest absolute Gasteiger partial charge is 0.227 e. The summed E-state index contributed by atoms with van der Waals surface area (Å²) < 4.78 is 5.18. The van der Waals surface area contributed by atoms with Crippen molar-refractivity contribution in [1.82, 2.24) is 15.5 Å². The van der Waals surface area contributed by atoms with Crippen molar-refractivity contribution in [2.24, 2.45) is 0 Å². The third-order valence-corrected chi connectivity index (χ3v) is 4.30. The Kier molecular flexibility index (Phi) is 5.05. The number of halogens is 1. The highest BCUT2D eigenvalue weighted by atomic mass is 35.5. The molecule has 0 unspecified atom stereocenters. The van der Waals surface area contributed by atoms with Gasteiger partial charge in [0.2, 0.25) is 17.6 Å². The van der Waals surface area contributed by atoms with Crippen molar-refractivity contribution in [3.05, 3.63) is 57.6 Å². The van der Waals surface area contributed by atoms with Gasteiger partial charge in [-0.05, 0) is 35.7 Å². The lowest BCUT2D eigenvalue weighted by Crippen LogP contribution is -2.22. The molecule has 3 aromatic rings. The van der Waals surface area contributed by atoms with Crippen LogP contribution in [0.1, 0.15) is 17.2 Å². The van der Waals surface area contributed by atoms with Crippen molar-refractivity contribution < 1.29 is 9.32 Å². The van der Waals surface area contributed by atoms with Gasteiger partial charge in [-0.15, -0.1) is 11.3 Å². The van der Waals surface area contributed by atoms with Gasteiger partial charge < -0.3 is 9.84 Å². The highest BCUT2D eigenvalue weighted by Gasteiger charge is 2.10. The first-order chi connectivity index (χ1) is 11.2. The normalized spacial score (nSPS) is 10.7. The van der Waals surface area contributed by atoms with Crippen LogP contribution in [0.15, 0.2) is 46.3 Å². The Morgan fingerprint density at radius 2 is 2.09 bits per heavy atom. The molecular formula is C16H14ClN3O2S. The minimum Gasteiger partial charge on any atom is -0.351 e. The third kappa shape index (κ3) is 4.40. The number of carbonyl (C=O) groups excluding carboxylic acids is 1. The standard InChI is InChI=1S/C16H14ClN3O2S/c17-12-5-3-11(4-6-12)16-19-15(22-20-16)8-7-14(21)18-10-13-2-1-9-23-13/h1-6,9H,7-8,10H2,(H,18,21). The monoisotopic (exact) mass is 347 g/mol. The molecule has 0 aliphatic heterocycles. The van der Waals surface area contributed by atoms with Gasteiger partial charge >= 0.3 is 0 Å². The molecule has 7 heteroatoms. The Morgan fingerprint density at radius 3 is 2.83 bits per heavy atom. The summed E-state index contributed by atoms with van der Waals surface area (Å²) in [4.78, 5) is 17.2. The van der Waals surface area contributed by atoms with Crippen LogP contribution in [0, 0.1) is 0 Å². The van der Waals surface area contributed by atoms with Gasteiger partial charge in [0, 0.05) is 28.3 Å². The number of carbonyl (C=O) groups is 1. The molecule has 0 saturated heterocycles. The maximum absolute atomic E-state index is 11.8. The summed E-state index contributed by atoms with van der Waals surface area (Å²) in [7, 11) is 0. The fraction of sp³-hybridized carbons (Fsp3) is 0.188. The highest BCUT2D eigenvalue weighted by Crippen LogP contribution is 2.19. The molecule has 118 valence electrons. The van der Waals surface area contributed by atoms with Gasteiger partial charge in [0.1, 0.15) is 0 Å². The number of nitrogens with one attached hydrogen (secondary N) is 1. The molecule has 3 rings (SSSR count). The number of rotatable bonds is 6. The first-order valence-corrected chi connectivity index (χ1v) is 8.34. The number of benzene rings is 1. The molecule has 0 radical (unpaired) electrons. The van der Waals surface area contributed by atoms with Crippen LogP contribution in [-0.2, 0) is 17.8 Å². The number of amides is 1. The van der Waals surface area contributed by atoms with Gasteiger partial charge in [-0.2, -0.15) is 4.98 Å². The highest BCUT2D eigenvalue weighted by molar-refractivity contribution is 7.09. The van der Waals surface area contributed by atoms with Gasteiger partial charge in [-0.3, -0.25) is 4.79 Å². The van der Waals surface area contributed by atoms with Crippen molar-refractivity contribution >= 4 is 28.8 Å². The molecular weight excluding hydrogens is 334 g/mol. The minimum absolute atomic E-state index is 0.0374. The number of aryl methyl sites for hydroxylation is 1. The number of thiophene rings is 1. The van der Waals surface area contributed by atoms with Gasteiger partial charge in [-0.1, -0.05) is 22.8 Å². The molecule has 5 nitrogen and oxygen atoms in total. The minimum atomic E-state index is -0.0374. The van der Waals surface area contributed by atoms with E-state index in [4.69, 9.17) is 16.1 Å². The van der Waals surface area contributed by atoms with E-state index >= 15 is 0 Å². The van der Waals surface area contributed by atoms with Crippen molar-refractivity contribution in [1.29, 1.82) is 0 Å². The summed E-state index contributed by atoms with van der Waals surface area (Å²) in [6, 6.07) is 11.1. The lowest BCUT2D eigenvalue weighted by atomic mass is 10.2. The second-order valence-corrected chi connectivity index (χ2v) is 6.34. The van der Waals surface area contributed by atoms with Crippen LogP contribution in [0.5, 0.6) is 0 Å². The van der Waals surface area contributed by atoms with Crippen molar-refractivity contribution in [3.63, 3.8) is 0 Å². The van der Waals surface area contributed by atoms with Crippen LogP contribution >= 0.6 is 22.9 Å². The molecule has 0 fully saturated rings. The fourth-order valence-electron chi connectivity index (χ4n) is 1.98. The lowest BCUT2D eigenvalue weighted by molar-refractivity contribution is -0.121. The van der Waals surface area contributed by atoms with Crippen LogP contribution in [-0.4, -0.2) is 16.0 Å². The lowest BCUT2D eigenvalue weighted by Gasteiger charge is -2.01. The molecule has 0 atom stereocenters. The maximum Gasteiger partial charge on any atom is 0.227 e. The fourth-order valence-corrected chi connectivity index (χ4v) is 2.75. The Labute approximate surface area is 142 Å². The molecule has 1 amide bonds. The van der Waals surface area contributed by atoms with E-state index < -0.39 is 0 Å². The van der Waals surface area contributed by atoms with Gasteiger partial charge in [0.15, 0.2) is 0 Å². The Balaban J connectivity index is 1.50. The predicted molar refractivity (Wildman–Crippen MR) is 89.2 cm³/mol. The van der Waals surface area contributed by atoms with Gasteiger partial charge in [-0.25, -0.2) is 0 Å². The SMILES string of the molecule is O=C(CCc1nc(-c2ccc(Cl)cc2)no1)NCc1cccs1. The van der Waals surface area contributed by atoms with Crippen LogP contribution in [0.25, 0.3) is 11.4 Å². The van der Waals surface area contributed by atoms with E-state index in [2.05, 4.69) is 15.5 Å². The largest absolute Gasteiger partial charge is 0.351 e. The second-order valence-electron chi connectivity index (χ2n) is 4.87. The van der Waals surface area contributed by atoms with E-state index in [-0.39, 0.29) is 5.91 Å². The Morgan fingerprint density at radius 1 is 1.26 bits per heavy atom. The summed E-state index contributed by atoms with van der Waals surface area (Å²) in [6.45, 7) is 0.552. The number of hydrogen-bond acceptors (Lipinski definition) is 5. The van der Waals surface area contributed by atoms with Crippen LogP contribution < -0.4 is 5.32 Å². The predicted octanol–water partition coefficient (Wildman–Crippen LogP) is 3.70. The molecule has 0 spiro atoms. The molecule has 1 N–H and O–H groups in total. The zero-order valence-electron chi connectivity index (χ0n) is 12.2. The van der Waals surface area contributed by atoms with Crippen LogP contribution in [0.3, 0.4) is 0 Å². The molecule has 0 bridgehead atoms. The van der Waals surface area contributed by atoms with E-state index in [0.29, 0.717) is 36.1 Å². The molecule has 0 aliphatic rings. The molecule has 2 heterocycles. The molecule has 0 saturated carbocycles. The Hall–Kier alpha value is -2.18. The zero-order chi connectivity index (χ0) is 16.1.